The highest BCUT2D eigenvalue weighted by Crippen LogP contribution is 2.28. The number of fused-ring (bicyclic) bond motifs is 1. The van der Waals surface area contributed by atoms with Crippen LogP contribution in [0.15, 0.2) is 65.3 Å². The second-order valence-electron chi connectivity index (χ2n) is 4.56. The first-order chi connectivity index (χ1) is 10.2. The Balaban J connectivity index is 2.03. The van der Waals surface area contributed by atoms with Crippen LogP contribution < -0.4 is 11.1 Å². The van der Waals surface area contributed by atoms with E-state index < -0.39 is 0 Å². The molecule has 3 rings (SSSR count). The highest BCUT2D eigenvalue weighted by molar-refractivity contribution is 6.28. The second kappa shape index (κ2) is 5.13. The Labute approximate surface area is 121 Å². The van der Waals surface area contributed by atoms with Crippen molar-refractivity contribution in [1.82, 2.24) is 0 Å². The molecule has 2 aromatic rings. The number of carbonyl (C=O) groups is 1. The molecular formula is C16H13N3O2. The maximum atomic E-state index is 12.5. The molecule has 0 amide bonds. The van der Waals surface area contributed by atoms with Crippen molar-refractivity contribution in [3.63, 3.8) is 0 Å². The second-order valence-corrected chi connectivity index (χ2v) is 4.56. The highest BCUT2D eigenvalue weighted by atomic mass is 16.3. The van der Waals surface area contributed by atoms with Crippen LogP contribution in [0.5, 0.6) is 5.75 Å². The lowest BCUT2D eigenvalue weighted by Crippen LogP contribution is -2.21. The number of amidine groups is 1. The lowest BCUT2D eigenvalue weighted by Gasteiger charge is -2.06. The van der Waals surface area contributed by atoms with E-state index in [4.69, 9.17) is 5.73 Å². The zero-order valence-electron chi connectivity index (χ0n) is 11.1. The van der Waals surface area contributed by atoms with Crippen LogP contribution >= 0.6 is 0 Å². The van der Waals surface area contributed by atoms with E-state index in [0.29, 0.717) is 5.69 Å². The summed E-state index contributed by atoms with van der Waals surface area (Å²) in [5, 5.41) is 12.8. The third kappa shape index (κ3) is 2.36. The molecule has 0 aliphatic carbocycles. The molecule has 4 N–H and O–H groups in total. The van der Waals surface area contributed by atoms with Crippen molar-refractivity contribution >= 4 is 23.0 Å². The van der Waals surface area contributed by atoms with Gasteiger partial charge in [-0.25, -0.2) is 4.99 Å². The number of aromatic hydroxyl groups is 1. The van der Waals surface area contributed by atoms with Crippen LogP contribution in [0.1, 0.15) is 10.4 Å². The average molecular weight is 279 g/mol. The van der Waals surface area contributed by atoms with Gasteiger partial charge in [-0.3, -0.25) is 4.79 Å². The van der Waals surface area contributed by atoms with Crippen LogP contribution in [-0.2, 0) is 0 Å². The Kier molecular flexibility index (Phi) is 3.16. The summed E-state index contributed by atoms with van der Waals surface area (Å²) in [4.78, 5) is 16.8. The first-order valence-corrected chi connectivity index (χ1v) is 6.40. The Morgan fingerprint density at radius 1 is 1.10 bits per heavy atom. The van der Waals surface area contributed by atoms with E-state index in [1.54, 1.807) is 24.3 Å². The molecule has 0 spiro atoms. The number of para-hydroxylation sites is 3. The molecule has 0 unspecified atom stereocenters. The van der Waals surface area contributed by atoms with Gasteiger partial charge in [-0.15, -0.1) is 0 Å². The summed E-state index contributed by atoms with van der Waals surface area (Å²) in [6, 6.07) is 13.7. The predicted octanol–water partition coefficient (Wildman–Crippen LogP) is 2.57. The van der Waals surface area contributed by atoms with Crippen molar-refractivity contribution in [3.05, 3.63) is 65.9 Å². The zero-order chi connectivity index (χ0) is 14.8. The van der Waals surface area contributed by atoms with Crippen molar-refractivity contribution in [3.8, 4) is 5.75 Å². The molecule has 1 heterocycles. The number of rotatable bonds is 2. The zero-order valence-corrected chi connectivity index (χ0v) is 11.1. The molecule has 0 fully saturated rings. The minimum Gasteiger partial charge on any atom is -0.507 e. The maximum absolute atomic E-state index is 12.5. The number of hydrogen-bond donors (Lipinski definition) is 3. The minimum absolute atomic E-state index is 0.0852. The Morgan fingerprint density at radius 2 is 1.81 bits per heavy atom. The molecule has 5 heteroatoms. The van der Waals surface area contributed by atoms with Gasteiger partial charge < -0.3 is 16.2 Å². The molecule has 0 saturated carbocycles. The number of ketones is 1. The van der Waals surface area contributed by atoms with E-state index in [0.717, 1.165) is 5.69 Å². The summed E-state index contributed by atoms with van der Waals surface area (Å²) < 4.78 is 0. The number of anilines is 1. The number of phenolic OH excluding ortho intramolecular Hbond substituents is 1. The Hall–Kier alpha value is -3.08. The maximum Gasteiger partial charge on any atom is 0.201 e. The number of nitrogens with one attached hydrogen (secondary N) is 1. The van der Waals surface area contributed by atoms with Gasteiger partial charge in [-0.2, -0.15) is 0 Å². The van der Waals surface area contributed by atoms with Crippen molar-refractivity contribution < 1.29 is 9.90 Å². The van der Waals surface area contributed by atoms with Crippen LogP contribution in [-0.4, -0.2) is 16.7 Å². The highest BCUT2D eigenvalue weighted by Gasteiger charge is 2.20. The Morgan fingerprint density at radius 3 is 2.62 bits per heavy atom. The minimum atomic E-state index is -0.380. The van der Waals surface area contributed by atoms with Crippen molar-refractivity contribution in [1.29, 1.82) is 0 Å². The number of phenols is 1. The fraction of sp³-hybridized carbons (Fsp3) is 0. The molecule has 21 heavy (non-hydrogen) atoms. The number of benzene rings is 2. The molecular weight excluding hydrogens is 266 g/mol. The molecule has 0 saturated heterocycles. The van der Waals surface area contributed by atoms with Gasteiger partial charge in [-0.05, 0) is 24.3 Å². The summed E-state index contributed by atoms with van der Waals surface area (Å²) in [7, 11) is 0. The van der Waals surface area contributed by atoms with Crippen LogP contribution in [0.25, 0.3) is 0 Å². The van der Waals surface area contributed by atoms with E-state index in [2.05, 4.69) is 10.3 Å². The molecule has 0 bridgehead atoms. The summed E-state index contributed by atoms with van der Waals surface area (Å²) in [5.41, 5.74) is 7.75. The van der Waals surface area contributed by atoms with E-state index in [-0.39, 0.29) is 28.5 Å². The number of Topliss-reactive ketones (excluding diaryl/α,β-unsaturated/α-hetero) is 1. The molecule has 2 aromatic carbocycles. The number of aliphatic imine (C=N–C) groups is 1. The summed E-state index contributed by atoms with van der Waals surface area (Å²) in [6.45, 7) is 0. The largest absolute Gasteiger partial charge is 0.507 e. The third-order valence-electron chi connectivity index (χ3n) is 3.19. The van der Waals surface area contributed by atoms with E-state index >= 15 is 0 Å². The average Bonchev–Trinajstić information content (AvgIpc) is 2.65. The molecule has 0 atom stereocenters. The van der Waals surface area contributed by atoms with Crippen molar-refractivity contribution in [2.24, 2.45) is 10.7 Å². The van der Waals surface area contributed by atoms with Crippen LogP contribution in [0, 0.1) is 0 Å². The fourth-order valence-electron chi connectivity index (χ4n) is 2.10. The predicted molar refractivity (Wildman–Crippen MR) is 81.9 cm³/mol. The molecule has 0 aromatic heterocycles. The number of nitrogens with zero attached hydrogens (tertiary/aromatic N) is 1. The molecule has 104 valence electrons. The lowest BCUT2D eigenvalue weighted by atomic mass is 10.0. The lowest BCUT2D eigenvalue weighted by molar-refractivity contribution is 0.103. The number of carbonyl (C=O) groups excluding carboxylic acids is 1. The van der Waals surface area contributed by atoms with Gasteiger partial charge in [0.15, 0.2) is 0 Å². The van der Waals surface area contributed by atoms with Gasteiger partial charge in [0, 0.05) is 6.20 Å². The van der Waals surface area contributed by atoms with Gasteiger partial charge in [-0.1, -0.05) is 24.3 Å². The van der Waals surface area contributed by atoms with Gasteiger partial charge >= 0.3 is 0 Å². The smallest absolute Gasteiger partial charge is 0.201 e. The van der Waals surface area contributed by atoms with Gasteiger partial charge in [0.25, 0.3) is 0 Å². The molecule has 1 aliphatic rings. The molecule has 0 radical (unpaired) electrons. The van der Waals surface area contributed by atoms with Crippen LogP contribution in [0.3, 0.4) is 0 Å². The third-order valence-corrected chi connectivity index (χ3v) is 3.19. The summed E-state index contributed by atoms with van der Waals surface area (Å²) in [5.74, 6) is -0.353. The van der Waals surface area contributed by atoms with Crippen molar-refractivity contribution in [2.75, 3.05) is 5.32 Å². The van der Waals surface area contributed by atoms with E-state index in [1.165, 1.54) is 12.3 Å². The summed E-state index contributed by atoms with van der Waals surface area (Å²) in [6.07, 6.45) is 1.51. The van der Waals surface area contributed by atoms with E-state index in [9.17, 15) is 9.90 Å². The van der Waals surface area contributed by atoms with Crippen LogP contribution in [0.2, 0.25) is 0 Å². The number of hydrogen-bond acceptors (Lipinski definition) is 5. The standard InChI is InChI=1S/C16H13N3O2/c17-16-11(15(21)10-5-1-4-8-14(10)20)9-18-12-6-2-3-7-13(12)19-16/h1-9,18,20H,(H2,17,19). The van der Waals surface area contributed by atoms with Gasteiger partial charge in [0.2, 0.25) is 5.78 Å². The van der Waals surface area contributed by atoms with Gasteiger partial charge in [0.1, 0.15) is 11.6 Å². The first kappa shape index (κ1) is 12.9. The Bertz CT molecular complexity index is 779. The fourth-order valence-corrected chi connectivity index (χ4v) is 2.10. The molecule has 5 nitrogen and oxygen atoms in total. The number of nitrogens with two attached hydrogens (primary N) is 1. The monoisotopic (exact) mass is 279 g/mol. The van der Waals surface area contributed by atoms with Gasteiger partial charge in [0.05, 0.1) is 22.5 Å². The summed E-state index contributed by atoms with van der Waals surface area (Å²) >= 11 is 0. The van der Waals surface area contributed by atoms with Crippen molar-refractivity contribution in [2.45, 2.75) is 0 Å². The topological polar surface area (TPSA) is 87.7 Å². The van der Waals surface area contributed by atoms with E-state index in [1.807, 2.05) is 18.2 Å². The quantitative estimate of drug-likeness (QED) is 0.737. The first-order valence-electron chi connectivity index (χ1n) is 6.40. The molecule has 1 aliphatic heterocycles. The SMILES string of the molecule is NC1=Nc2ccccc2NC=C1C(=O)c1ccccc1O. The van der Waals surface area contributed by atoms with Crippen LogP contribution in [0.4, 0.5) is 11.4 Å². The normalized spacial score (nSPS) is 13.3.